The predicted molar refractivity (Wildman–Crippen MR) is 148 cm³/mol. The maximum atomic E-state index is 13.0. The van der Waals surface area contributed by atoms with E-state index in [-0.39, 0.29) is 11.6 Å². The summed E-state index contributed by atoms with van der Waals surface area (Å²) in [5.41, 5.74) is 2.53. The molecule has 2 aromatic carbocycles. The first-order valence-electron chi connectivity index (χ1n) is 13.6. The van der Waals surface area contributed by atoms with E-state index in [0.717, 1.165) is 46.2 Å². The number of piperidine rings is 1. The number of methoxy groups -OCH3 is 1. The third kappa shape index (κ3) is 5.40. The van der Waals surface area contributed by atoms with Gasteiger partial charge in [0.05, 0.1) is 23.8 Å². The van der Waals surface area contributed by atoms with Gasteiger partial charge in [-0.3, -0.25) is 9.47 Å². The maximum Gasteiger partial charge on any atom is 0.419 e. The summed E-state index contributed by atoms with van der Waals surface area (Å²) in [5, 5.41) is 21.8. The lowest BCUT2D eigenvalue weighted by Gasteiger charge is -2.45. The quantitative estimate of drug-likeness (QED) is 0.405. The highest BCUT2D eigenvalue weighted by atomic mass is 16.6. The standard InChI is InChI=1S/C31H38N2O6/c1-19-16-26(38-5)24(23-12-14-33(27(19)23)29(36)39-30(2,3)4)18-32-15-13-31(37,22-10-11-22)17-25(32)20-6-8-21(9-7-20)28(34)35/h6-9,12,14,16,22,25,37H,10-11,13,15,17-18H2,1-5H3,(H,34,35)/t25-,31-/m0/s1. The van der Waals surface area contributed by atoms with Gasteiger partial charge < -0.3 is 19.7 Å². The number of hydrogen-bond donors (Lipinski definition) is 2. The first-order valence-corrected chi connectivity index (χ1v) is 13.6. The van der Waals surface area contributed by atoms with Gasteiger partial charge in [-0.2, -0.15) is 0 Å². The number of ether oxygens (including phenoxy) is 2. The van der Waals surface area contributed by atoms with Crippen LogP contribution in [0.15, 0.2) is 42.6 Å². The molecule has 1 saturated carbocycles. The van der Waals surface area contributed by atoms with Crippen LogP contribution >= 0.6 is 0 Å². The fourth-order valence-electron chi connectivity index (χ4n) is 5.99. The van der Waals surface area contributed by atoms with Gasteiger partial charge in [-0.25, -0.2) is 9.59 Å². The minimum absolute atomic E-state index is 0.0961. The maximum absolute atomic E-state index is 13.0. The van der Waals surface area contributed by atoms with Crippen LogP contribution in [-0.2, 0) is 11.3 Å². The molecule has 2 atom stereocenters. The fourth-order valence-corrected chi connectivity index (χ4v) is 5.99. The summed E-state index contributed by atoms with van der Waals surface area (Å²) in [7, 11) is 1.65. The highest BCUT2D eigenvalue weighted by Crippen LogP contribution is 2.50. The minimum Gasteiger partial charge on any atom is -0.496 e. The lowest BCUT2D eigenvalue weighted by molar-refractivity contribution is -0.0661. The smallest absolute Gasteiger partial charge is 0.419 e. The summed E-state index contributed by atoms with van der Waals surface area (Å²) >= 11 is 0. The van der Waals surface area contributed by atoms with E-state index in [4.69, 9.17) is 9.47 Å². The summed E-state index contributed by atoms with van der Waals surface area (Å²) in [6.45, 7) is 8.73. The number of carbonyl (C=O) groups is 2. The Morgan fingerprint density at radius 3 is 2.41 bits per heavy atom. The molecule has 8 nitrogen and oxygen atoms in total. The number of aliphatic hydroxyl groups is 1. The molecule has 0 spiro atoms. The zero-order valence-corrected chi connectivity index (χ0v) is 23.4. The molecule has 1 aliphatic heterocycles. The van der Waals surface area contributed by atoms with Crippen LogP contribution in [-0.4, -0.2) is 56.6 Å². The van der Waals surface area contributed by atoms with Crippen LogP contribution in [0.5, 0.6) is 5.75 Å². The van der Waals surface area contributed by atoms with Gasteiger partial charge in [0.2, 0.25) is 0 Å². The van der Waals surface area contributed by atoms with E-state index in [1.54, 1.807) is 30.0 Å². The third-order valence-electron chi connectivity index (χ3n) is 8.10. The number of hydrogen-bond acceptors (Lipinski definition) is 6. The van der Waals surface area contributed by atoms with Crippen molar-refractivity contribution in [1.29, 1.82) is 0 Å². The summed E-state index contributed by atoms with van der Waals surface area (Å²) in [6, 6.07) is 10.8. The normalized spacial score (nSPS) is 22.2. The van der Waals surface area contributed by atoms with E-state index in [1.165, 1.54) is 0 Å². The monoisotopic (exact) mass is 534 g/mol. The van der Waals surface area contributed by atoms with Crippen molar-refractivity contribution in [1.82, 2.24) is 9.47 Å². The highest BCUT2D eigenvalue weighted by Gasteiger charge is 2.48. The number of carboxylic acids is 1. The molecule has 1 saturated heterocycles. The molecule has 1 aliphatic carbocycles. The van der Waals surface area contributed by atoms with Crippen molar-refractivity contribution in [3.8, 4) is 5.75 Å². The minimum atomic E-state index is -0.960. The molecule has 2 aliphatic rings. The van der Waals surface area contributed by atoms with Gasteiger partial charge in [0, 0.05) is 36.3 Å². The fraction of sp³-hybridized carbons (Fsp3) is 0.484. The number of aryl methyl sites for hydroxylation is 1. The number of fused-ring (bicyclic) bond motifs is 1. The lowest BCUT2D eigenvalue weighted by atomic mass is 9.80. The molecule has 0 bridgehead atoms. The molecule has 0 amide bonds. The number of nitrogens with zero attached hydrogens (tertiary/aromatic N) is 2. The summed E-state index contributed by atoms with van der Waals surface area (Å²) < 4.78 is 13.0. The predicted octanol–water partition coefficient (Wildman–Crippen LogP) is 5.92. The topological polar surface area (TPSA) is 101 Å². The van der Waals surface area contributed by atoms with Gasteiger partial charge >= 0.3 is 12.1 Å². The second kappa shape index (κ2) is 9.99. The van der Waals surface area contributed by atoms with Gasteiger partial charge in [0.25, 0.3) is 0 Å². The molecule has 208 valence electrons. The lowest BCUT2D eigenvalue weighted by Crippen LogP contribution is -2.47. The number of likely N-dealkylation sites (tertiary alicyclic amines) is 1. The van der Waals surface area contributed by atoms with Crippen molar-refractivity contribution in [2.45, 2.75) is 77.2 Å². The Balaban J connectivity index is 1.53. The molecule has 0 unspecified atom stereocenters. The Morgan fingerprint density at radius 2 is 1.82 bits per heavy atom. The van der Waals surface area contributed by atoms with Gasteiger partial charge in [0.15, 0.2) is 0 Å². The second-order valence-electron chi connectivity index (χ2n) is 12.0. The van der Waals surface area contributed by atoms with E-state index >= 15 is 0 Å². The first kappa shape index (κ1) is 27.2. The van der Waals surface area contributed by atoms with Crippen LogP contribution in [0.3, 0.4) is 0 Å². The van der Waals surface area contributed by atoms with E-state index < -0.39 is 23.3 Å². The van der Waals surface area contributed by atoms with Gasteiger partial charge in [-0.1, -0.05) is 12.1 Å². The Morgan fingerprint density at radius 1 is 1.13 bits per heavy atom. The van der Waals surface area contributed by atoms with Crippen molar-refractivity contribution in [3.63, 3.8) is 0 Å². The van der Waals surface area contributed by atoms with Gasteiger partial charge in [0.1, 0.15) is 11.4 Å². The zero-order valence-electron chi connectivity index (χ0n) is 23.4. The van der Waals surface area contributed by atoms with Crippen LogP contribution in [0.25, 0.3) is 10.9 Å². The Labute approximate surface area is 229 Å². The highest BCUT2D eigenvalue weighted by molar-refractivity contribution is 5.95. The Hall–Kier alpha value is -3.36. The number of carbonyl (C=O) groups excluding carboxylic acids is 1. The second-order valence-corrected chi connectivity index (χ2v) is 12.0. The zero-order chi connectivity index (χ0) is 28.1. The SMILES string of the molecule is COc1cc(C)c2c(ccn2C(=O)OC(C)(C)C)c1CN1CC[C@@](O)(C2CC2)C[C@H]1c1ccc(C(=O)O)cc1. The molecule has 2 heterocycles. The van der Waals surface area contributed by atoms with Crippen LogP contribution in [0.4, 0.5) is 4.79 Å². The molecule has 1 aromatic heterocycles. The van der Waals surface area contributed by atoms with Crippen LogP contribution in [0.1, 0.15) is 79.5 Å². The molecule has 39 heavy (non-hydrogen) atoms. The number of aromatic nitrogens is 1. The van der Waals surface area contributed by atoms with Crippen LogP contribution < -0.4 is 4.74 Å². The average molecular weight is 535 g/mol. The van der Waals surface area contributed by atoms with Crippen molar-refractivity contribution in [2.75, 3.05) is 13.7 Å². The van der Waals surface area contributed by atoms with E-state index in [0.29, 0.717) is 31.8 Å². The van der Waals surface area contributed by atoms with Crippen molar-refractivity contribution >= 4 is 23.0 Å². The van der Waals surface area contributed by atoms with Crippen molar-refractivity contribution < 1.29 is 29.3 Å². The van der Waals surface area contributed by atoms with E-state index in [2.05, 4.69) is 4.90 Å². The van der Waals surface area contributed by atoms with E-state index in [9.17, 15) is 19.8 Å². The molecular formula is C31H38N2O6. The Bertz CT molecular complexity index is 1400. The molecule has 2 N–H and O–H groups in total. The van der Waals surface area contributed by atoms with E-state index in [1.807, 2.05) is 52.0 Å². The third-order valence-corrected chi connectivity index (χ3v) is 8.10. The molecule has 3 aromatic rings. The molecule has 2 fully saturated rings. The van der Waals surface area contributed by atoms with Crippen molar-refractivity contribution in [3.05, 3.63) is 64.8 Å². The molecule has 8 heteroatoms. The molecular weight excluding hydrogens is 496 g/mol. The Kier molecular flexibility index (Phi) is 6.97. The summed E-state index contributed by atoms with van der Waals surface area (Å²) in [5.74, 6) is 0.103. The van der Waals surface area contributed by atoms with Crippen LogP contribution in [0, 0.1) is 12.8 Å². The first-order chi connectivity index (χ1) is 18.4. The molecule has 0 radical (unpaired) electrons. The summed E-state index contributed by atoms with van der Waals surface area (Å²) in [6.07, 6.45) is 4.68. The molecule has 5 rings (SSSR count). The van der Waals surface area contributed by atoms with Crippen molar-refractivity contribution in [2.24, 2.45) is 5.92 Å². The number of benzene rings is 2. The summed E-state index contributed by atoms with van der Waals surface area (Å²) in [4.78, 5) is 26.8. The van der Waals surface area contributed by atoms with Gasteiger partial charge in [-0.05, 0) is 94.7 Å². The van der Waals surface area contributed by atoms with Crippen LogP contribution in [0.2, 0.25) is 0 Å². The van der Waals surface area contributed by atoms with Gasteiger partial charge in [-0.15, -0.1) is 0 Å². The largest absolute Gasteiger partial charge is 0.496 e. The number of rotatable bonds is 6. The average Bonchev–Trinajstić information content (AvgIpc) is 3.64. The number of carboxylic acid groups (broad SMARTS) is 1. The number of aromatic carboxylic acids is 1.